The van der Waals surface area contributed by atoms with Crippen LogP contribution in [0.25, 0.3) is 0 Å². The van der Waals surface area contributed by atoms with E-state index in [1.54, 1.807) is 0 Å². The third kappa shape index (κ3) is 5.23. The molecule has 7 heteroatoms. The Morgan fingerprint density at radius 1 is 1.58 bits per heavy atom. The first kappa shape index (κ1) is 15.4. The number of non-ortho nitro benzene ring substituents is 1. The molecule has 0 aliphatic carbocycles. The van der Waals surface area contributed by atoms with Crippen LogP contribution in [0.3, 0.4) is 0 Å². The van der Waals surface area contributed by atoms with Crippen LogP contribution in [0.4, 0.5) is 11.4 Å². The van der Waals surface area contributed by atoms with Crippen LogP contribution in [0, 0.1) is 10.1 Å². The number of benzene rings is 1. The van der Waals surface area contributed by atoms with Crippen LogP contribution in [0.5, 0.6) is 0 Å². The average molecular weight is 286 g/mol. The van der Waals surface area contributed by atoms with Gasteiger partial charge in [-0.3, -0.25) is 14.9 Å². The molecule has 0 aromatic heterocycles. The van der Waals surface area contributed by atoms with E-state index >= 15 is 0 Å². The van der Waals surface area contributed by atoms with Crippen molar-refractivity contribution in [2.75, 3.05) is 5.32 Å². The number of rotatable bonds is 6. The summed E-state index contributed by atoms with van der Waals surface area (Å²) in [5, 5.41) is 13.5. The smallest absolute Gasteiger partial charge is 0.271 e. The molecule has 0 saturated carbocycles. The summed E-state index contributed by atoms with van der Waals surface area (Å²) in [6.45, 7) is 1.87. The summed E-state index contributed by atoms with van der Waals surface area (Å²) in [5.74, 6) is -0.233. The molecule has 0 bridgehead atoms. The number of nitro groups is 1. The molecule has 0 spiro atoms. The highest BCUT2D eigenvalue weighted by molar-refractivity contribution is 6.33. The van der Waals surface area contributed by atoms with Crippen LogP contribution in [-0.4, -0.2) is 16.9 Å². The first-order valence-electron chi connectivity index (χ1n) is 5.89. The van der Waals surface area contributed by atoms with E-state index in [4.69, 9.17) is 17.3 Å². The fourth-order valence-electron chi connectivity index (χ4n) is 1.52. The van der Waals surface area contributed by atoms with Crippen molar-refractivity contribution in [1.29, 1.82) is 0 Å². The Morgan fingerprint density at radius 2 is 2.26 bits per heavy atom. The van der Waals surface area contributed by atoms with E-state index < -0.39 is 4.92 Å². The predicted molar refractivity (Wildman–Crippen MR) is 74.2 cm³/mol. The first-order chi connectivity index (χ1) is 8.90. The molecule has 0 heterocycles. The number of hydrogen-bond donors (Lipinski definition) is 2. The number of carbonyl (C=O) groups is 1. The zero-order valence-electron chi connectivity index (χ0n) is 10.6. The fraction of sp³-hybridized carbons (Fsp3) is 0.417. The summed E-state index contributed by atoms with van der Waals surface area (Å²) < 4.78 is 0. The number of hydrogen-bond acceptors (Lipinski definition) is 4. The van der Waals surface area contributed by atoms with Crippen LogP contribution in [0.1, 0.15) is 26.2 Å². The minimum Gasteiger partial charge on any atom is -0.328 e. The largest absolute Gasteiger partial charge is 0.328 e. The molecule has 1 amide bonds. The Labute approximate surface area is 116 Å². The van der Waals surface area contributed by atoms with E-state index in [0.29, 0.717) is 12.8 Å². The van der Waals surface area contributed by atoms with Gasteiger partial charge in [0.2, 0.25) is 5.91 Å². The SMILES string of the molecule is CC(N)CCCC(=O)Nc1cc([N+](=O)[O-])ccc1Cl. The molecule has 1 aromatic rings. The van der Waals surface area contributed by atoms with Crippen molar-refractivity contribution >= 4 is 28.9 Å². The van der Waals surface area contributed by atoms with Gasteiger partial charge in [-0.25, -0.2) is 0 Å². The van der Waals surface area contributed by atoms with Crippen LogP contribution in [0.2, 0.25) is 5.02 Å². The zero-order chi connectivity index (χ0) is 14.4. The molecule has 1 atom stereocenters. The molecule has 1 rings (SSSR count). The van der Waals surface area contributed by atoms with E-state index in [-0.39, 0.29) is 28.3 Å². The number of nitrogens with zero attached hydrogens (tertiary/aromatic N) is 1. The second-order valence-electron chi connectivity index (χ2n) is 4.34. The second kappa shape index (κ2) is 7.06. The van der Waals surface area contributed by atoms with Gasteiger partial charge in [0, 0.05) is 24.6 Å². The maximum Gasteiger partial charge on any atom is 0.271 e. The van der Waals surface area contributed by atoms with Gasteiger partial charge in [-0.1, -0.05) is 11.6 Å². The van der Waals surface area contributed by atoms with Gasteiger partial charge in [-0.2, -0.15) is 0 Å². The van der Waals surface area contributed by atoms with Gasteiger partial charge in [0.15, 0.2) is 0 Å². The molecular formula is C12H16ClN3O3. The number of halogens is 1. The van der Waals surface area contributed by atoms with E-state index in [9.17, 15) is 14.9 Å². The van der Waals surface area contributed by atoms with E-state index in [1.807, 2.05) is 6.92 Å². The number of nitrogens with one attached hydrogen (secondary N) is 1. The lowest BCUT2D eigenvalue weighted by molar-refractivity contribution is -0.384. The van der Waals surface area contributed by atoms with Crippen molar-refractivity contribution < 1.29 is 9.72 Å². The molecule has 0 fully saturated rings. The standard InChI is InChI=1S/C12H16ClN3O3/c1-8(14)3-2-4-12(17)15-11-7-9(16(18)19)5-6-10(11)13/h5-8H,2-4,14H2,1H3,(H,15,17). The first-order valence-corrected chi connectivity index (χ1v) is 6.27. The molecule has 6 nitrogen and oxygen atoms in total. The summed E-state index contributed by atoms with van der Waals surface area (Å²) in [7, 11) is 0. The lowest BCUT2D eigenvalue weighted by Crippen LogP contribution is -2.17. The van der Waals surface area contributed by atoms with Gasteiger partial charge in [0.05, 0.1) is 15.6 Å². The molecule has 0 aliphatic heterocycles. The number of nitrogens with two attached hydrogens (primary N) is 1. The quantitative estimate of drug-likeness (QED) is 0.620. The summed E-state index contributed by atoms with van der Waals surface area (Å²) in [5.41, 5.74) is 5.72. The van der Waals surface area contributed by atoms with Crippen molar-refractivity contribution in [3.05, 3.63) is 33.3 Å². The van der Waals surface area contributed by atoms with Gasteiger partial charge >= 0.3 is 0 Å². The van der Waals surface area contributed by atoms with Gasteiger partial charge in [0.1, 0.15) is 0 Å². The number of carbonyl (C=O) groups excluding carboxylic acids is 1. The fourth-order valence-corrected chi connectivity index (χ4v) is 1.68. The molecule has 0 aliphatic rings. The van der Waals surface area contributed by atoms with Gasteiger partial charge in [-0.05, 0) is 25.8 Å². The monoisotopic (exact) mass is 285 g/mol. The zero-order valence-corrected chi connectivity index (χ0v) is 11.3. The number of anilines is 1. The minimum atomic E-state index is -0.540. The van der Waals surface area contributed by atoms with Crippen molar-refractivity contribution in [3.8, 4) is 0 Å². The highest BCUT2D eigenvalue weighted by atomic mass is 35.5. The number of nitro benzene ring substituents is 1. The third-order valence-corrected chi connectivity index (χ3v) is 2.83. The molecule has 104 valence electrons. The minimum absolute atomic E-state index is 0.0502. The molecular weight excluding hydrogens is 270 g/mol. The predicted octanol–water partition coefficient (Wildman–Crippen LogP) is 2.70. The van der Waals surface area contributed by atoms with Gasteiger partial charge in [-0.15, -0.1) is 0 Å². The second-order valence-corrected chi connectivity index (χ2v) is 4.75. The highest BCUT2D eigenvalue weighted by Gasteiger charge is 2.12. The molecule has 0 saturated heterocycles. The van der Waals surface area contributed by atoms with Crippen molar-refractivity contribution in [1.82, 2.24) is 0 Å². The maximum atomic E-state index is 11.6. The van der Waals surface area contributed by atoms with Gasteiger partial charge < -0.3 is 11.1 Å². The normalized spacial score (nSPS) is 11.9. The van der Waals surface area contributed by atoms with Crippen LogP contribution in [-0.2, 0) is 4.79 Å². The summed E-state index contributed by atoms with van der Waals surface area (Å²) in [6.07, 6.45) is 1.71. The van der Waals surface area contributed by atoms with Crippen molar-refractivity contribution in [2.45, 2.75) is 32.2 Å². The van der Waals surface area contributed by atoms with Crippen molar-refractivity contribution in [2.24, 2.45) is 5.73 Å². The van der Waals surface area contributed by atoms with E-state index in [0.717, 1.165) is 6.42 Å². The Bertz CT molecular complexity index is 477. The molecule has 0 radical (unpaired) electrons. The van der Waals surface area contributed by atoms with Crippen LogP contribution in [0.15, 0.2) is 18.2 Å². The summed E-state index contributed by atoms with van der Waals surface area (Å²) in [6, 6.07) is 3.96. The summed E-state index contributed by atoms with van der Waals surface area (Å²) in [4.78, 5) is 21.7. The highest BCUT2D eigenvalue weighted by Crippen LogP contribution is 2.26. The lowest BCUT2D eigenvalue weighted by Gasteiger charge is -2.08. The molecule has 1 unspecified atom stereocenters. The van der Waals surface area contributed by atoms with Crippen molar-refractivity contribution in [3.63, 3.8) is 0 Å². The Hall–Kier alpha value is -1.66. The van der Waals surface area contributed by atoms with E-state index in [2.05, 4.69) is 5.32 Å². The molecule has 1 aromatic carbocycles. The Balaban J connectivity index is 2.63. The molecule has 19 heavy (non-hydrogen) atoms. The number of amides is 1. The average Bonchev–Trinajstić information content (AvgIpc) is 2.31. The Morgan fingerprint density at radius 3 is 2.84 bits per heavy atom. The van der Waals surface area contributed by atoms with Crippen LogP contribution < -0.4 is 11.1 Å². The van der Waals surface area contributed by atoms with Gasteiger partial charge in [0.25, 0.3) is 5.69 Å². The molecule has 3 N–H and O–H groups in total. The van der Waals surface area contributed by atoms with E-state index in [1.165, 1.54) is 18.2 Å². The maximum absolute atomic E-state index is 11.6. The lowest BCUT2D eigenvalue weighted by atomic mass is 10.1. The summed E-state index contributed by atoms with van der Waals surface area (Å²) >= 11 is 5.87. The Kier molecular flexibility index (Phi) is 5.72. The third-order valence-electron chi connectivity index (χ3n) is 2.50. The topological polar surface area (TPSA) is 98.3 Å². The van der Waals surface area contributed by atoms with Crippen LogP contribution >= 0.6 is 11.6 Å².